The maximum Gasteiger partial charge on any atom is 0.321 e. The molecule has 154 valence electrons. The van der Waals surface area contributed by atoms with Crippen LogP contribution in [0.3, 0.4) is 0 Å². The molecule has 1 aliphatic heterocycles. The number of anilines is 2. The Hall–Kier alpha value is -2.60. The summed E-state index contributed by atoms with van der Waals surface area (Å²) in [6, 6.07) is 10.9. The first-order valence-electron chi connectivity index (χ1n) is 9.72. The number of urea groups is 1. The number of rotatable bonds is 4. The molecule has 1 atom stereocenters. The Morgan fingerprint density at radius 1 is 1.10 bits per heavy atom. The molecule has 2 aromatic carbocycles. The number of hydrogen-bond acceptors (Lipinski definition) is 2. The lowest BCUT2D eigenvalue weighted by atomic mass is 9.85. The van der Waals surface area contributed by atoms with Crippen molar-refractivity contribution in [3.63, 3.8) is 0 Å². The lowest BCUT2D eigenvalue weighted by Crippen LogP contribution is -2.43. The first kappa shape index (κ1) is 21.1. The van der Waals surface area contributed by atoms with E-state index in [4.69, 9.17) is 11.6 Å². The molecule has 0 unspecified atom stereocenters. The van der Waals surface area contributed by atoms with Crippen LogP contribution in [0.1, 0.15) is 25.3 Å². The molecule has 1 heterocycles. The van der Waals surface area contributed by atoms with Crippen molar-refractivity contribution >= 4 is 34.9 Å². The van der Waals surface area contributed by atoms with Crippen LogP contribution >= 0.6 is 11.6 Å². The molecule has 1 saturated heterocycles. The number of piperidine rings is 1. The van der Waals surface area contributed by atoms with Gasteiger partial charge < -0.3 is 15.5 Å². The SMILES string of the molecule is Cc1c(Cl)cccc1NC(=O)[C@H](C)C1CCN(C(=O)Nc2ccc(F)cc2)CC1. The third-order valence-corrected chi connectivity index (χ3v) is 5.98. The number of carbonyl (C=O) groups is 2. The predicted molar refractivity (Wildman–Crippen MR) is 114 cm³/mol. The molecule has 0 aliphatic carbocycles. The Kier molecular flexibility index (Phi) is 6.75. The lowest BCUT2D eigenvalue weighted by molar-refractivity contribution is -0.121. The normalized spacial score (nSPS) is 15.7. The largest absolute Gasteiger partial charge is 0.326 e. The van der Waals surface area contributed by atoms with Gasteiger partial charge in [-0.3, -0.25) is 4.79 Å². The van der Waals surface area contributed by atoms with Crippen molar-refractivity contribution in [3.05, 3.63) is 58.9 Å². The highest BCUT2D eigenvalue weighted by atomic mass is 35.5. The van der Waals surface area contributed by atoms with Gasteiger partial charge in [0.2, 0.25) is 5.91 Å². The smallest absolute Gasteiger partial charge is 0.321 e. The molecular formula is C22H25ClFN3O2. The summed E-state index contributed by atoms with van der Waals surface area (Å²) in [6.07, 6.45) is 1.50. The number of benzene rings is 2. The zero-order valence-electron chi connectivity index (χ0n) is 16.5. The number of amides is 3. The minimum atomic E-state index is -0.343. The molecule has 2 N–H and O–H groups in total. The van der Waals surface area contributed by atoms with Crippen molar-refractivity contribution in [3.8, 4) is 0 Å². The molecule has 2 aromatic rings. The van der Waals surface area contributed by atoms with E-state index in [1.165, 1.54) is 24.3 Å². The number of nitrogens with zero attached hydrogens (tertiary/aromatic N) is 1. The van der Waals surface area contributed by atoms with Crippen LogP contribution in [0.4, 0.5) is 20.6 Å². The number of likely N-dealkylation sites (tertiary alicyclic amines) is 1. The zero-order valence-corrected chi connectivity index (χ0v) is 17.3. The quantitative estimate of drug-likeness (QED) is 0.708. The van der Waals surface area contributed by atoms with Crippen LogP contribution in [-0.2, 0) is 4.79 Å². The van der Waals surface area contributed by atoms with Crippen molar-refractivity contribution in [1.82, 2.24) is 4.90 Å². The summed E-state index contributed by atoms with van der Waals surface area (Å²) < 4.78 is 13.0. The van der Waals surface area contributed by atoms with Gasteiger partial charge in [-0.05, 0) is 67.6 Å². The Morgan fingerprint density at radius 2 is 1.76 bits per heavy atom. The fourth-order valence-corrected chi connectivity index (χ4v) is 3.72. The van der Waals surface area contributed by atoms with Crippen LogP contribution in [0.5, 0.6) is 0 Å². The van der Waals surface area contributed by atoms with Crippen LogP contribution in [0.15, 0.2) is 42.5 Å². The summed E-state index contributed by atoms with van der Waals surface area (Å²) >= 11 is 6.12. The van der Waals surface area contributed by atoms with Gasteiger partial charge >= 0.3 is 6.03 Å². The molecule has 1 fully saturated rings. The van der Waals surface area contributed by atoms with Crippen molar-refractivity contribution < 1.29 is 14.0 Å². The number of carbonyl (C=O) groups excluding carboxylic acids is 2. The molecule has 29 heavy (non-hydrogen) atoms. The molecule has 0 radical (unpaired) electrons. The summed E-state index contributed by atoms with van der Waals surface area (Å²) in [5, 5.41) is 6.37. The van der Waals surface area contributed by atoms with Gasteiger partial charge in [-0.2, -0.15) is 0 Å². The Morgan fingerprint density at radius 3 is 2.41 bits per heavy atom. The van der Waals surface area contributed by atoms with Gasteiger partial charge in [0.15, 0.2) is 0 Å². The van der Waals surface area contributed by atoms with E-state index in [0.717, 1.165) is 24.1 Å². The fourth-order valence-electron chi connectivity index (χ4n) is 3.54. The fraction of sp³-hybridized carbons (Fsp3) is 0.364. The minimum Gasteiger partial charge on any atom is -0.326 e. The van der Waals surface area contributed by atoms with Crippen molar-refractivity contribution in [1.29, 1.82) is 0 Å². The molecule has 0 aromatic heterocycles. The summed E-state index contributed by atoms with van der Waals surface area (Å²) in [7, 11) is 0. The van der Waals surface area contributed by atoms with Crippen molar-refractivity contribution in [2.75, 3.05) is 23.7 Å². The van der Waals surface area contributed by atoms with Gasteiger partial charge in [0.1, 0.15) is 5.82 Å². The Balaban J connectivity index is 1.51. The van der Waals surface area contributed by atoms with E-state index in [1.54, 1.807) is 11.0 Å². The summed E-state index contributed by atoms with van der Waals surface area (Å²) in [6.45, 7) is 4.95. The third kappa shape index (κ3) is 5.26. The molecule has 0 spiro atoms. The maximum absolute atomic E-state index is 13.0. The highest BCUT2D eigenvalue weighted by molar-refractivity contribution is 6.31. The average Bonchev–Trinajstić information content (AvgIpc) is 2.72. The molecular weight excluding hydrogens is 393 g/mol. The molecule has 1 aliphatic rings. The summed E-state index contributed by atoms with van der Waals surface area (Å²) in [5.41, 5.74) is 2.13. The summed E-state index contributed by atoms with van der Waals surface area (Å²) in [5.74, 6) is -0.353. The first-order chi connectivity index (χ1) is 13.8. The Labute approximate surface area is 175 Å². The van der Waals surface area contributed by atoms with Crippen molar-refractivity contribution in [2.24, 2.45) is 11.8 Å². The topological polar surface area (TPSA) is 61.4 Å². The van der Waals surface area contributed by atoms with Gasteiger partial charge in [0.25, 0.3) is 0 Å². The first-order valence-corrected chi connectivity index (χ1v) is 10.1. The van der Waals surface area contributed by atoms with Gasteiger partial charge in [0, 0.05) is 35.4 Å². The number of hydrogen-bond donors (Lipinski definition) is 2. The standard InChI is InChI=1S/C22H25ClFN3O2/c1-14(21(28)26-20-5-3-4-19(23)15(20)2)16-10-12-27(13-11-16)22(29)25-18-8-6-17(24)7-9-18/h3-9,14,16H,10-13H2,1-2H3,(H,25,29)(H,26,28)/t14-/m1/s1. The van der Waals surface area contributed by atoms with E-state index >= 15 is 0 Å². The molecule has 0 bridgehead atoms. The van der Waals surface area contributed by atoms with Crippen molar-refractivity contribution in [2.45, 2.75) is 26.7 Å². The Bertz CT molecular complexity index is 880. The van der Waals surface area contributed by atoms with Crippen LogP contribution in [0, 0.1) is 24.6 Å². The van der Waals surface area contributed by atoms with Crippen LogP contribution in [0.2, 0.25) is 5.02 Å². The van der Waals surface area contributed by atoms with Crippen LogP contribution < -0.4 is 10.6 Å². The van der Waals surface area contributed by atoms with E-state index in [0.29, 0.717) is 23.8 Å². The van der Waals surface area contributed by atoms with Crippen LogP contribution in [0.25, 0.3) is 0 Å². The highest BCUT2D eigenvalue weighted by Gasteiger charge is 2.30. The van der Waals surface area contributed by atoms with E-state index < -0.39 is 0 Å². The van der Waals surface area contributed by atoms with Crippen LogP contribution in [-0.4, -0.2) is 29.9 Å². The number of halogens is 2. The second-order valence-corrected chi connectivity index (χ2v) is 7.86. The third-order valence-electron chi connectivity index (χ3n) is 5.57. The molecule has 3 amide bonds. The van der Waals surface area contributed by atoms with Gasteiger partial charge in [-0.25, -0.2) is 9.18 Å². The van der Waals surface area contributed by atoms with E-state index in [2.05, 4.69) is 10.6 Å². The lowest BCUT2D eigenvalue weighted by Gasteiger charge is -2.34. The number of nitrogens with one attached hydrogen (secondary N) is 2. The second-order valence-electron chi connectivity index (χ2n) is 7.45. The predicted octanol–water partition coefficient (Wildman–Crippen LogP) is 5.31. The minimum absolute atomic E-state index is 0.0374. The highest BCUT2D eigenvalue weighted by Crippen LogP contribution is 2.28. The second kappa shape index (κ2) is 9.27. The molecule has 5 nitrogen and oxygen atoms in total. The molecule has 0 saturated carbocycles. The van der Waals surface area contributed by atoms with E-state index in [9.17, 15) is 14.0 Å². The zero-order chi connectivity index (χ0) is 21.0. The summed E-state index contributed by atoms with van der Waals surface area (Å²) in [4.78, 5) is 26.8. The maximum atomic E-state index is 13.0. The molecule has 3 rings (SSSR count). The van der Waals surface area contributed by atoms with Gasteiger partial charge in [0.05, 0.1) is 0 Å². The van der Waals surface area contributed by atoms with Gasteiger partial charge in [-0.15, -0.1) is 0 Å². The van der Waals surface area contributed by atoms with E-state index in [-0.39, 0.29) is 29.6 Å². The molecule has 7 heteroatoms. The van der Waals surface area contributed by atoms with E-state index in [1.807, 2.05) is 26.0 Å². The average molecular weight is 418 g/mol. The monoisotopic (exact) mass is 417 g/mol. The van der Waals surface area contributed by atoms with Gasteiger partial charge in [-0.1, -0.05) is 24.6 Å².